The zero-order valence-electron chi connectivity index (χ0n) is 11.9. The molecule has 0 heterocycles. The van der Waals surface area contributed by atoms with Gasteiger partial charge < -0.3 is 15.5 Å². The molecular weight excluding hydrogens is 254 g/mol. The van der Waals surface area contributed by atoms with Gasteiger partial charge in [0, 0.05) is 12.6 Å². The van der Waals surface area contributed by atoms with E-state index in [2.05, 4.69) is 24.4 Å². The maximum Gasteiger partial charge on any atom is 0.306 e. The summed E-state index contributed by atoms with van der Waals surface area (Å²) in [5, 5.41) is 22.8. The normalized spacial score (nSPS) is 28.0. The lowest BCUT2D eigenvalue weighted by Gasteiger charge is -2.35. The van der Waals surface area contributed by atoms with E-state index in [0.717, 1.165) is 0 Å². The molecular formula is C16H23NO3. The van der Waals surface area contributed by atoms with Gasteiger partial charge >= 0.3 is 5.97 Å². The Hall–Kier alpha value is -1.39. The largest absolute Gasteiger partial charge is 0.481 e. The van der Waals surface area contributed by atoms with Crippen LogP contribution in [0.15, 0.2) is 30.3 Å². The molecule has 0 saturated heterocycles. The van der Waals surface area contributed by atoms with Gasteiger partial charge in [-0.2, -0.15) is 0 Å². The van der Waals surface area contributed by atoms with E-state index < -0.39 is 11.6 Å². The molecule has 20 heavy (non-hydrogen) atoms. The van der Waals surface area contributed by atoms with Gasteiger partial charge in [0.05, 0.1) is 11.5 Å². The Kier molecular flexibility index (Phi) is 4.78. The number of carboxylic acids is 1. The lowest BCUT2D eigenvalue weighted by atomic mass is 9.78. The first-order chi connectivity index (χ1) is 9.50. The van der Waals surface area contributed by atoms with E-state index in [1.165, 1.54) is 5.56 Å². The summed E-state index contributed by atoms with van der Waals surface area (Å²) in [6, 6.07) is 10.3. The van der Waals surface area contributed by atoms with Crippen LogP contribution in [0.1, 0.15) is 44.2 Å². The van der Waals surface area contributed by atoms with Gasteiger partial charge in [0.15, 0.2) is 0 Å². The number of rotatable bonds is 5. The van der Waals surface area contributed by atoms with Crippen LogP contribution in [0.2, 0.25) is 0 Å². The molecule has 1 aliphatic rings. The third-order valence-electron chi connectivity index (χ3n) is 4.30. The van der Waals surface area contributed by atoms with Gasteiger partial charge in [-0.25, -0.2) is 0 Å². The van der Waals surface area contributed by atoms with Gasteiger partial charge in [-0.15, -0.1) is 0 Å². The lowest BCUT2D eigenvalue weighted by molar-refractivity contribution is -0.144. The molecule has 4 nitrogen and oxygen atoms in total. The second-order valence-electron chi connectivity index (χ2n) is 5.85. The van der Waals surface area contributed by atoms with Crippen molar-refractivity contribution in [2.45, 2.75) is 44.2 Å². The first-order valence-corrected chi connectivity index (χ1v) is 7.24. The van der Waals surface area contributed by atoms with Crippen LogP contribution in [-0.2, 0) is 4.79 Å². The molecule has 1 unspecified atom stereocenters. The van der Waals surface area contributed by atoms with Gasteiger partial charge in [0.2, 0.25) is 0 Å². The maximum absolute atomic E-state index is 10.9. The minimum atomic E-state index is -0.769. The van der Waals surface area contributed by atoms with E-state index in [1.54, 1.807) is 0 Å². The number of hydrogen-bond acceptors (Lipinski definition) is 3. The Bertz CT molecular complexity index is 438. The molecule has 1 atom stereocenters. The summed E-state index contributed by atoms with van der Waals surface area (Å²) < 4.78 is 0. The molecule has 0 amide bonds. The quantitative estimate of drug-likeness (QED) is 0.772. The van der Waals surface area contributed by atoms with E-state index in [4.69, 9.17) is 5.11 Å². The van der Waals surface area contributed by atoms with Crippen molar-refractivity contribution in [3.05, 3.63) is 35.9 Å². The topological polar surface area (TPSA) is 69.6 Å². The average Bonchev–Trinajstić information content (AvgIpc) is 2.46. The summed E-state index contributed by atoms with van der Waals surface area (Å²) in [7, 11) is 0. The zero-order valence-corrected chi connectivity index (χ0v) is 11.9. The van der Waals surface area contributed by atoms with Crippen molar-refractivity contribution in [2.24, 2.45) is 5.92 Å². The van der Waals surface area contributed by atoms with E-state index in [1.807, 2.05) is 18.2 Å². The van der Waals surface area contributed by atoms with Crippen molar-refractivity contribution in [3.63, 3.8) is 0 Å². The van der Waals surface area contributed by atoms with Crippen LogP contribution in [0.5, 0.6) is 0 Å². The Morgan fingerprint density at radius 2 is 1.95 bits per heavy atom. The molecule has 110 valence electrons. The van der Waals surface area contributed by atoms with Crippen molar-refractivity contribution in [1.82, 2.24) is 5.32 Å². The Labute approximate surface area is 119 Å². The van der Waals surface area contributed by atoms with E-state index >= 15 is 0 Å². The molecule has 1 saturated carbocycles. The molecule has 0 bridgehead atoms. The molecule has 0 aliphatic heterocycles. The van der Waals surface area contributed by atoms with Crippen LogP contribution >= 0.6 is 0 Å². The van der Waals surface area contributed by atoms with E-state index in [0.29, 0.717) is 32.2 Å². The van der Waals surface area contributed by atoms with Gasteiger partial charge in [-0.05, 0) is 38.2 Å². The highest BCUT2D eigenvalue weighted by atomic mass is 16.4. The van der Waals surface area contributed by atoms with Gasteiger partial charge in [0.25, 0.3) is 0 Å². The highest BCUT2D eigenvalue weighted by molar-refractivity contribution is 5.70. The summed E-state index contributed by atoms with van der Waals surface area (Å²) in [6.07, 6.45) is 2.23. The fourth-order valence-electron chi connectivity index (χ4n) is 2.78. The number of carboxylic acid groups (broad SMARTS) is 1. The second kappa shape index (κ2) is 6.37. The number of benzene rings is 1. The average molecular weight is 277 g/mol. The number of nitrogens with one attached hydrogen (secondary N) is 1. The number of carbonyl (C=O) groups is 1. The highest BCUT2D eigenvalue weighted by Crippen LogP contribution is 2.32. The predicted molar refractivity (Wildman–Crippen MR) is 77.4 cm³/mol. The molecule has 3 N–H and O–H groups in total. The van der Waals surface area contributed by atoms with E-state index in [-0.39, 0.29) is 12.0 Å². The molecule has 1 aromatic carbocycles. The van der Waals surface area contributed by atoms with Gasteiger partial charge in [0.1, 0.15) is 0 Å². The number of aliphatic carboxylic acids is 1. The van der Waals surface area contributed by atoms with Gasteiger partial charge in [-0.3, -0.25) is 4.79 Å². The SMILES string of the molecule is CC(NCC1(O)CCC(C(=O)O)CC1)c1ccccc1. The highest BCUT2D eigenvalue weighted by Gasteiger charge is 2.35. The molecule has 1 fully saturated rings. The molecule has 0 spiro atoms. The van der Waals surface area contributed by atoms with Crippen molar-refractivity contribution >= 4 is 5.97 Å². The zero-order chi connectivity index (χ0) is 14.6. The third-order valence-corrected chi connectivity index (χ3v) is 4.30. The first kappa shape index (κ1) is 15.0. The maximum atomic E-state index is 10.9. The van der Waals surface area contributed by atoms with Crippen LogP contribution in [0, 0.1) is 5.92 Å². The van der Waals surface area contributed by atoms with Crippen molar-refractivity contribution in [3.8, 4) is 0 Å². The lowest BCUT2D eigenvalue weighted by Crippen LogP contribution is -2.45. The van der Waals surface area contributed by atoms with Crippen LogP contribution < -0.4 is 5.32 Å². The Balaban J connectivity index is 1.83. The van der Waals surface area contributed by atoms with Crippen molar-refractivity contribution < 1.29 is 15.0 Å². The molecule has 2 rings (SSSR count). The minimum absolute atomic E-state index is 0.178. The summed E-state index contributed by atoms with van der Waals surface area (Å²) in [4.78, 5) is 10.9. The first-order valence-electron chi connectivity index (χ1n) is 7.24. The van der Waals surface area contributed by atoms with E-state index in [9.17, 15) is 9.90 Å². The minimum Gasteiger partial charge on any atom is -0.481 e. The summed E-state index contributed by atoms with van der Waals surface area (Å²) >= 11 is 0. The molecule has 1 aromatic rings. The second-order valence-corrected chi connectivity index (χ2v) is 5.85. The fourth-order valence-corrected chi connectivity index (χ4v) is 2.78. The van der Waals surface area contributed by atoms with Crippen LogP contribution in [0.25, 0.3) is 0 Å². The Morgan fingerprint density at radius 1 is 1.35 bits per heavy atom. The van der Waals surface area contributed by atoms with Crippen LogP contribution in [-0.4, -0.2) is 28.3 Å². The van der Waals surface area contributed by atoms with Crippen LogP contribution in [0.4, 0.5) is 0 Å². The Morgan fingerprint density at radius 3 is 2.50 bits per heavy atom. The third kappa shape index (κ3) is 3.81. The van der Waals surface area contributed by atoms with Crippen LogP contribution in [0.3, 0.4) is 0 Å². The molecule has 0 aromatic heterocycles. The molecule has 4 heteroatoms. The smallest absolute Gasteiger partial charge is 0.306 e. The summed E-state index contributed by atoms with van der Waals surface area (Å²) in [5.74, 6) is -1.03. The van der Waals surface area contributed by atoms with Crippen molar-refractivity contribution in [1.29, 1.82) is 0 Å². The molecule has 0 radical (unpaired) electrons. The predicted octanol–water partition coefficient (Wildman–Crippen LogP) is 2.34. The summed E-state index contributed by atoms with van der Waals surface area (Å²) in [5.41, 5.74) is 0.421. The number of aliphatic hydroxyl groups is 1. The van der Waals surface area contributed by atoms with Gasteiger partial charge in [-0.1, -0.05) is 30.3 Å². The fraction of sp³-hybridized carbons (Fsp3) is 0.562. The van der Waals surface area contributed by atoms with Crippen molar-refractivity contribution in [2.75, 3.05) is 6.54 Å². The molecule has 1 aliphatic carbocycles. The summed E-state index contributed by atoms with van der Waals surface area (Å²) in [6.45, 7) is 2.58. The number of hydrogen-bond donors (Lipinski definition) is 3. The monoisotopic (exact) mass is 277 g/mol. The standard InChI is InChI=1S/C16H23NO3/c1-12(13-5-3-2-4-6-13)17-11-16(20)9-7-14(8-10-16)15(18)19/h2-6,12,14,17,20H,7-11H2,1H3,(H,18,19).